The maximum Gasteiger partial charge on any atom is 0.223 e. The molecule has 0 aliphatic carbocycles. The number of aromatic nitrogens is 2. The van der Waals surface area contributed by atoms with E-state index in [4.69, 9.17) is 9.26 Å². The zero-order valence-electron chi connectivity index (χ0n) is 13.6. The van der Waals surface area contributed by atoms with Crippen LogP contribution in [0.15, 0.2) is 28.8 Å². The van der Waals surface area contributed by atoms with E-state index in [9.17, 15) is 9.18 Å². The van der Waals surface area contributed by atoms with Crippen LogP contribution in [-0.2, 0) is 4.79 Å². The lowest BCUT2D eigenvalue weighted by atomic mass is 10.2. The van der Waals surface area contributed by atoms with Crippen LogP contribution < -0.4 is 4.74 Å². The third-order valence-electron chi connectivity index (χ3n) is 4.04. The minimum atomic E-state index is -0.393. The molecule has 128 valence electrons. The van der Waals surface area contributed by atoms with Crippen LogP contribution >= 0.6 is 0 Å². The molecule has 1 amide bonds. The molecule has 1 atom stereocenters. The molecule has 24 heavy (non-hydrogen) atoms. The highest BCUT2D eigenvalue weighted by Crippen LogP contribution is 2.30. The molecule has 1 aromatic heterocycles. The molecule has 6 nitrogen and oxygen atoms in total. The fraction of sp³-hybridized carbons (Fsp3) is 0.471. The number of hydrogen-bond donors (Lipinski definition) is 0. The molecule has 1 fully saturated rings. The van der Waals surface area contributed by atoms with Crippen molar-refractivity contribution in [1.29, 1.82) is 0 Å². The van der Waals surface area contributed by atoms with Gasteiger partial charge < -0.3 is 14.2 Å². The molecular formula is C17H20FN3O3. The minimum absolute atomic E-state index is 0.0390. The molecule has 2 aromatic rings. The van der Waals surface area contributed by atoms with Gasteiger partial charge in [0.2, 0.25) is 11.8 Å². The van der Waals surface area contributed by atoms with Crippen molar-refractivity contribution in [3.8, 4) is 5.75 Å². The van der Waals surface area contributed by atoms with Gasteiger partial charge in [0.25, 0.3) is 0 Å². The maximum absolute atomic E-state index is 13.4. The molecule has 2 heterocycles. The van der Waals surface area contributed by atoms with Crippen molar-refractivity contribution in [2.45, 2.75) is 38.6 Å². The zero-order valence-corrected chi connectivity index (χ0v) is 13.6. The number of nitrogens with zero attached hydrogens (tertiary/aromatic N) is 3. The molecule has 0 saturated carbocycles. The van der Waals surface area contributed by atoms with E-state index < -0.39 is 5.82 Å². The second-order valence-corrected chi connectivity index (χ2v) is 5.80. The van der Waals surface area contributed by atoms with Crippen molar-refractivity contribution < 1.29 is 18.4 Å². The van der Waals surface area contributed by atoms with E-state index in [1.54, 1.807) is 30.0 Å². The molecule has 7 heteroatoms. The number of halogens is 1. The Balaban J connectivity index is 1.49. The number of rotatable bonds is 6. The Kier molecular flexibility index (Phi) is 5.08. The highest BCUT2D eigenvalue weighted by atomic mass is 19.1. The number of benzene rings is 1. The van der Waals surface area contributed by atoms with Gasteiger partial charge in [-0.15, -0.1) is 0 Å². The summed E-state index contributed by atoms with van der Waals surface area (Å²) in [6.07, 6.45) is 2.65. The molecule has 1 saturated heterocycles. The number of amides is 1. The molecule has 0 spiro atoms. The number of likely N-dealkylation sites (tertiary alicyclic amines) is 1. The van der Waals surface area contributed by atoms with Gasteiger partial charge in [-0.25, -0.2) is 4.39 Å². The standard InChI is InChI=1S/C17H20FN3O3/c1-12-19-17(20-24-12)14-7-4-10-21(14)16(22)9-5-11-23-15-8-3-2-6-13(15)18/h2-3,6,8,14H,4-5,7,9-11H2,1H3/t14-/m1/s1. The second-order valence-electron chi connectivity index (χ2n) is 5.80. The van der Waals surface area contributed by atoms with Crippen LogP contribution in [0.3, 0.4) is 0 Å². The van der Waals surface area contributed by atoms with E-state index >= 15 is 0 Å². The number of para-hydroxylation sites is 1. The number of ether oxygens (including phenoxy) is 1. The number of hydrogen-bond acceptors (Lipinski definition) is 5. The normalized spacial score (nSPS) is 17.2. The fourth-order valence-corrected chi connectivity index (χ4v) is 2.89. The smallest absolute Gasteiger partial charge is 0.223 e. The van der Waals surface area contributed by atoms with Gasteiger partial charge in [0.05, 0.1) is 12.6 Å². The molecule has 0 N–H and O–H groups in total. The molecular weight excluding hydrogens is 313 g/mol. The van der Waals surface area contributed by atoms with Crippen molar-refractivity contribution in [1.82, 2.24) is 15.0 Å². The topological polar surface area (TPSA) is 68.5 Å². The van der Waals surface area contributed by atoms with E-state index in [1.165, 1.54) is 6.07 Å². The Labute approximate surface area is 139 Å². The van der Waals surface area contributed by atoms with Crippen molar-refractivity contribution in [3.63, 3.8) is 0 Å². The molecule has 0 unspecified atom stereocenters. The van der Waals surface area contributed by atoms with E-state index in [1.807, 2.05) is 0 Å². The molecule has 1 aliphatic rings. The lowest BCUT2D eigenvalue weighted by molar-refractivity contribution is -0.132. The van der Waals surface area contributed by atoms with E-state index in [-0.39, 0.29) is 17.7 Å². The Morgan fingerprint density at radius 1 is 1.46 bits per heavy atom. The van der Waals surface area contributed by atoms with E-state index in [2.05, 4.69) is 10.1 Å². The Hall–Kier alpha value is -2.44. The summed E-state index contributed by atoms with van der Waals surface area (Å²) in [5.74, 6) is 0.933. The molecule has 3 rings (SSSR count). The summed E-state index contributed by atoms with van der Waals surface area (Å²) in [5.41, 5.74) is 0. The average Bonchev–Trinajstić information content (AvgIpc) is 3.21. The maximum atomic E-state index is 13.4. The highest BCUT2D eigenvalue weighted by Gasteiger charge is 2.32. The van der Waals surface area contributed by atoms with Crippen molar-refractivity contribution in [2.24, 2.45) is 0 Å². The zero-order chi connectivity index (χ0) is 16.9. The van der Waals surface area contributed by atoms with E-state index in [0.717, 1.165) is 12.8 Å². The van der Waals surface area contributed by atoms with Gasteiger partial charge in [-0.1, -0.05) is 17.3 Å². The summed E-state index contributed by atoms with van der Waals surface area (Å²) in [5, 5.41) is 3.93. The summed E-state index contributed by atoms with van der Waals surface area (Å²) < 4.78 is 23.8. The van der Waals surface area contributed by atoms with Crippen molar-refractivity contribution in [2.75, 3.05) is 13.2 Å². The van der Waals surface area contributed by atoms with Crippen LogP contribution in [0.2, 0.25) is 0 Å². The van der Waals surface area contributed by atoms with Gasteiger partial charge in [-0.3, -0.25) is 4.79 Å². The molecule has 0 bridgehead atoms. The first kappa shape index (κ1) is 16.4. The SMILES string of the molecule is Cc1nc([C@H]2CCCN2C(=O)CCCOc2ccccc2F)no1. The highest BCUT2D eigenvalue weighted by molar-refractivity contribution is 5.76. The quantitative estimate of drug-likeness (QED) is 0.760. The Morgan fingerprint density at radius 2 is 2.29 bits per heavy atom. The first-order valence-corrected chi connectivity index (χ1v) is 8.12. The van der Waals surface area contributed by atoms with E-state index in [0.29, 0.717) is 37.7 Å². The number of aryl methyl sites for hydroxylation is 1. The van der Waals surface area contributed by atoms with Gasteiger partial charge in [0.1, 0.15) is 0 Å². The van der Waals surface area contributed by atoms with Crippen LogP contribution in [0.5, 0.6) is 5.75 Å². The summed E-state index contributed by atoms with van der Waals surface area (Å²) in [6.45, 7) is 2.73. The van der Waals surface area contributed by atoms with Gasteiger partial charge in [-0.2, -0.15) is 4.98 Å². The number of carbonyl (C=O) groups is 1. The van der Waals surface area contributed by atoms with Crippen LogP contribution in [-0.4, -0.2) is 34.1 Å². The first-order chi connectivity index (χ1) is 11.6. The molecule has 1 aliphatic heterocycles. The van der Waals surface area contributed by atoms with Crippen LogP contribution in [0.1, 0.15) is 43.4 Å². The van der Waals surface area contributed by atoms with Gasteiger partial charge >= 0.3 is 0 Å². The lowest BCUT2D eigenvalue weighted by Gasteiger charge is -2.22. The summed E-state index contributed by atoms with van der Waals surface area (Å²) >= 11 is 0. The monoisotopic (exact) mass is 333 g/mol. The predicted molar refractivity (Wildman–Crippen MR) is 83.9 cm³/mol. The third-order valence-corrected chi connectivity index (χ3v) is 4.04. The average molecular weight is 333 g/mol. The summed E-state index contributed by atoms with van der Waals surface area (Å²) in [4.78, 5) is 18.5. The van der Waals surface area contributed by atoms with Crippen LogP contribution in [0.4, 0.5) is 4.39 Å². The Bertz CT molecular complexity index is 704. The predicted octanol–water partition coefficient (Wildman–Crippen LogP) is 3.04. The molecule has 1 aromatic carbocycles. The molecule has 0 radical (unpaired) electrons. The van der Waals surface area contributed by atoms with Gasteiger partial charge in [-0.05, 0) is 31.4 Å². The van der Waals surface area contributed by atoms with Crippen molar-refractivity contribution in [3.05, 3.63) is 41.8 Å². The fourth-order valence-electron chi connectivity index (χ4n) is 2.89. The Morgan fingerprint density at radius 3 is 3.04 bits per heavy atom. The first-order valence-electron chi connectivity index (χ1n) is 8.12. The van der Waals surface area contributed by atoms with Gasteiger partial charge in [0.15, 0.2) is 17.4 Å². The largest absolute Gasteiger partial charge is 0.491 e. The summed E-state index contributed by atoms with van der Waals surface area (Å²) in [6, 6.07) is 6.14. The second kappa shape index (κ2) is 7.42. The van der Waals surface area contributed by atoms with Gasteiger partial charge in [0, 0.05) is 19.9 Å². The summed E-state index contributed by atoms with van der Waals surface area (Å²) in [7, 11) is 0. The van der Waals surface area contributed by atoms with Crippen LogP contribution in [0, 0.1) is 12.7 Å². The lowest BCUT2D eigenvalue weighted by Crippen LogP contribution is -2.31. The number of carbonyl (C=O) groups excluding carboxylic acids is 1. The van der Waals surface area contributed by atoms with Crippen LogP contribution in [0.25, 0.3) is 0 Å². The van der Waals surface area contributed by atoms with Crippen molar-refractivity contribution >= 4 is 5.91 Å². The minimum Gasteiger partial charge on any atom is -0.491 e. The third kappa shape index (κ3) is 3.72.